The molecular weight excluding hydrogens is 269 g/mol. The van der Waals surface area contributed by atoms with Crippen molar-refractivity contribution in [1.29, 1.82) is 0 Å². The van der Waals surface area contributed by atoms with Gasteiger partial charge in [-0.1, -0.05) is 6.92 Å². The summed E-state index contributed by atoms with van der Waals surface area (Å²) in [6.45, 7) is 0.376. The van der Waals surface area contributed by atoms with Gasteiger partial charge in [0.05, 0.1) is 0 Å². The predicted molar refractivity (Wildman–Crippen MR) is 59.4 cm³/mol. The van der Waals surface area contributed by atoms with Crippen LogP contribution < -0.4 is 0 Å². The quantitative estimate of drug-likeness (QED) is 0.271. The van der Waals surface area contributed by atoms with E-state index in [9.17, 15) is 19.4 Å². The molecule has 10 heteroatoms. The topological polar surface area (TPSA) is 155 Å². The Hall–Kier alpha value is -0.990. The second-order valence-electron chi connectivity index (χ2n) is 3.95. The summed E-state index contributed by atoms with van der Waals surface area (Å²) in [5.41, 5.74) is 0. The van der Waals surface area contributed by atoms with Crippen LogP contribution in [0.15, 0.2) is 0 Å². The molecular formula is C8H16NO8P. The van der Waals surface area contributed by atoms with Crippen LogP contribution in [0.3, 0.4) is 0 Å². The number of carbonyl (C=O) groups is 2. The highest BCUT2D eigenvalue weighted by Crippen LogP contribution is 2.39. The SMILES string of the molecule is CCCC(C(=O)O)[N+]([O-])(CC(=O)O)CP(=O)(O)O. The number of rotatable bonds is 8. The van der Waals surface area contributed by atoms with Crippen molar-refractivity contribution in [3.8, 4) is 0 Å². The third kappa shape index (κ3) is 5.56. The average Bonchev–Trinajstić information content (AvgIpc) is 2.08. The standard InChI is InChI=1S/C8H16NO8P/c1-2-3-6(8(12)13)9(14,4-7(10)11)5-18(15,16)17/h6H,2-5H2,1H3,(H,10,11)(H,12,13)(H2,15,16,17). The van der Waals surface area contributed by atoms with Gasteiger partial charge in [0.2, 0.25) is 0 Å². The first-order chi connectivity index (χ1) is 8.02. The maximum Gasteiger partial charge on any atom is 0.379 e. The molecule has 18 heavy (non-hydrogen) atoms. The minimum absolute atomic E-state index is 0.161. The molecule has 0 aromatic heterocycles. The summed E-state index contributed by atoms with van der Waals surface area (Å²) in [4.78, 5) is 39.1. The highest BCUT2D eigenvalue weighted by atomic mass is 31.2. The number of nitrogens with zero attached hydrogens (tertiary/aromatic N) is 1. The van der Waals surface area contributed by atoms with Gasteiger partial charge >= 0.3 is 19.5 Å². The fourth-order valence-corrected chi connectivity index (χ4v) is 2.55. The maximum atomic E-state index is 12.1. The number of carboxylic acids is 2. The van der Waals surface area contributed by atoms with Crippen LogP contribution in [0.1, 0.15) is 19.8 Å². The van der Waals surface area contributed by atoms with Crippen molar-refractivity contribution in [2.45, 2.75) is 25.8 Å². The Kier molecular flexibility index (Phi) is 5.91. The lowest BCUT2D eigenvalue weighted by Gasteiger charge is -2.45. The molecule has 4 N–H and O–H groups in total. The van der Waals surface area contributed by atoms with Crippen molar-refractivity contribution in [1.82, 2.24) is 0 Å². The zero-order valence-corrected chi connectivity index (χ0v) is 10.6. The molecule has 0 amide bonds. The predicted octanol–water partition coefficient (Wildman–Crippen LogP) is -0.226. The smallest absolute Gasteiger partial charge is 0.379 e. The number of hydrogen-bond acceptors (Lipinski definition) is 4. The molecule has 0 bridgehead atoms. The summed E-state index contributed by atoms with van der Waals surface area (Å²) in [5, 5.41) is 29.6. The lowest BCUT2D eigenvalue weighted by Crippen LogP contribution is -2.57. The first-order valence-electron chi connectivity index (χ1n) is 5.09. The fraction of sp³-hybridized carbons (Fsp3) is 0.750. The Morgan fingerprint density at radius 2 is 1.83 bits per heavy atom. The van der Waals surface area contributed by atoms with Gasteiger partial charge in [0.25, 0.3) is 0 Å². The molecule has 0 saturated heterocycles. The van der Waals surface area contributed by atoms with Crippen LogP contribution in [0.25, 0.3) is 0 Å². The lowest BCUT2D eigenvalue weighted by molar-refractivity contribution is -0.880. The molecule has 0 heterocycles. The van der Waals surface area contributed by atoms with Gasteiger partial charge in [0.15, 0.2) is 18.9 Å². The van der Waals surface area contributed by atoms with Crippen LogP contribution >= 0.6 is 7.60 Å². The summed E-state index contributed by atoms with van der Waals surface area (Å²) >= 11 is 0. The van der Waals surface area contributed by atoms with Gasteiger partial charge in [-0.25, -0.2) is 9.59 Å². The van der Waals surface area contributed by atoms with E-state index in [-0.39, 0.29) is 12.8 Å². The zero-order valence-electron chi connectivity index (χ0n) is 9.72. The van der Waals surface area contributed by atoms with Gasteiger partial charge in [0, 0.05) is 6.42 Å². The van der Waals surface area contributed by atoms with Gasteiger partial charge in [0.1, 0.15) is 0 Å². The van der Waals surface area contributed by atoms with Gasteiger partial charge < -0.3 is 29.9 Å². The average molecular weight is 285 g/mol. The Balaban J connectivity index is 5.33. The Labute approximate surface area is 103 Å². The molecule has 9 nitrogen and oxygen atoms in total. The van der Waals surface area contributed by atoms with E-state index in [1.54, 1.807) is 6.92 Å². The zero-order chi connectivity index (χ0) is 14.6. The number of quaternary nitrogens is 1. The van der Waals surface area contributed by atoms with E-state index in [1.165, 1.54) is 0 Å². The highest BCUT2D eigenvalue weighted by molar-refractivity contribution is 7.51. The molecule has 0 aliphatic carbocycles. The number of hydrogen-bond donors (Lipinski definition) is 4. The molecule has 0 aromatic carbocycles. The molecule has 2 unspecified atom stereocenters. The second-order valence-corrected chi connectivity index (χ2v) is 5.57. The summed E-state index contributed by atoms with van der Waals surface area (Å²) < 4.78 is 8.88. The summed E-state index contributed by atoms with van der Waals surface area (Å²) in [6.07, 6.45) is -1.25. The lowest BCUT2D eigenvalue weighted by atomic mass is 10.1. The fourth-order valence-electron chi connectivity index (χ4n) is 1.63. The van der Waals surface area contributed by atoms with Crippen molar-refractivity contribution in [3.05, 3.63) is 5.21 Å². The summed E-state index contributed by atoms with van der Waals surface area (Å²) in [6, 6.07) is -1.71. The summed E-state index contributed by atoms with van der Waals surface area (Å²) in [7, 11) is -4.83. The Morgan fingerprint density at radius 1 is 1.33 bits per heavy atom. The van der Waals surface area contributed by atoms with E-state index in [2.05, 4.69) is 0 Å². The van der Waals surface area contributed by atoms with Crippen LogP contribution in [0, 0.1) is 5.21 Å². The molecule has 0 aromatic rings. The normalized spacial score (nSPS) is 16.9. The molecule has 2 atom stereocenters. The van der Waals surface area contributed by atoms with Crippen molar-refractivity contribution in [2.75, 3.05) is 12.8 Å². The van der Waals surface area contributed by atoms with Crippen LogP contribution in [-0.4, -0.2) is 55.5 Å². The van der Waals surface area contributed by atoms with E-state index >= 15 is 0 Å². The van der Waals surface area contributed by atoms with E-state index in [0.717, 1.165) is 0 Å². The van der Waals surface area contributed by atoms with Crippen molar-refractivity contribution >= 4 is 19.5 Å². The molecule has 106 valence electrons. The maximum absolute atomic E-state index is 12.1. The van der Waals surface area contributed by atoms with Crippen LogP contribution in [0.2, 0.25) is 0 Å². The van der Waals surface area contributed by atoms with Crippen LogP contribution in [0.5, 0.6) is 0 Å². The molecule has 0 saturated carbocycles. The van der Waals surface area contributed by atoms with Crippen LogP contribution in [0.4, 0.5) is 0 Å². The summed E-state index contributed by atoms with van der Waals surface area (Å²) in [5.74, 6) is -3.18. The number of carboxylic acid groups (broad SMARTS) is 2. The van der Waals surface area contributed by atoms with E-state index in [4.69, 9.17) is 20.0 Å². The van der Waals surface area contributed by atoms with E-state index < -0.39 is 43.1 Å². The minimum Gasteiger partial charge on any atom is -0.631 e. The minimum atomic E-state index is -4.83. The molecule has 0 radical (unpaired) electrons. The van der Waals surface area contributed by atoms with E-state index in [0.29, 0.717) is 0 Å². The molecule has 0 aliphatic heterocycles. The first kappa shape index (κ1) is 17.0. The van der Waals surface area contributed by atoms with E-state index in [1.807, 2.05) is 0 Å². The first-order valence-corrected chi connectivity index (χ1v) is 6.88. The van der Waals surface area contributed by atoms with Gasteiger partial charge in [-0.05, 0) is 6.42 Å². The monoisotopic (exact) mass is 285 g/mol. The van der Waals surface area contributed by atoms with Crippen molar-refractivity contribution in [3.63, 3.8) is 0 Å². The number of aliphatic carboxylic acids is 2. The molecule has 0 rings (SSSR count). The molecule has 0 spiro atoms. The largest absolute Gasteiger partial charge is 0.631 e. The second kappa shape index (κ2) is 6.26. The van der Waals surface area contributed by atoms with Gasteiger partial charge in [-0.3, -0.25) is 4.57 Å². The molecule has 0 fully saturated rings. The van der Waals surface area contributed by atoms with Crippen LogP contribution in [-0.2, 0) is 14.2 Å². The van der Waals surface area contributed by atoms with Crippen molar-refractivity contribution in [2.24, 2.45) is 0 Å². The Bertz CT molecular complexity index is 366. The number of hydroxylamine groups is 3. The third-order valence-electron chi connectivity index (χ3n) is 2.24. The van der Waals surface area contributed by atoms with Crippen molar-refractivity contribution < 1.29 is 38.8 Å². The third-order valence-corrected chi connectivity index (χ3v) is 3.09. The van der Waals surface area contributed by atoms with Gasteiger partial charge in [-0.2, -0.15) is 0 Å². The highest BCUT2D eigenvalue weighted by Gasteiger charge is 2.41. The molecule has 0 aliphatic rings. The Morgan fingerprint density at radius 3 is 2.11 bits per heavy atom. The van der Waals surface area contributed by atoms with Gasteiger partial charge in [-0.15, -0.1) is 0 Å².